The number of hydrazine groups is 2. The highest BCUT2D eigenvalue weighted by molar-refractivity contribution is 7.80. The maximum absolute atomic E-state index is 12.4. The Bertz CT molecular complexity index is 787. The molecule has 2 saturated carbocycles. The van der Waals surface area contributed by atoms with Crippen LogP contribution in [0.4, 0.5) is 5.69 Å². The molecule has 1 amide bonds. The van der Waals surface area contributed by atoms with Crippen molar-refractivity contribution in [1.82, 2.24) is 26.9 Å². The Morgan fingerprint density at radius 1 is 0.750 bits per heavy atom. The summed E-state index contributed by atoms with van der Waals surface area (Å²) in [6.45, 7) is 4.51. The molecule has 176 valence electrons. The van der Waals surface area contributed by atoms with Crippen LogP contribution in [0.2, 0.25) is 0 Å². The van der Waals surface area contributed by atoms with Gasteiger partial charge in [0.15, 0.2) is 10.2 Å². The van der Waals surface area contributed by atoms with E-state index in [-0.39, 0.29) is 5.91 Å². The first-order valence-electron chi connectivity index (χ1n) is 11.7. The van der Waals surface area contributed by atoms with Gasteiger partial charge in [-0.1, -0.05) is 39.5 Å². The number of thiocarbonyl (C=S) groups is 2. The highest BCUT2D eigenvalue weighted by Gasteiger charge is 2.22. The number of nitrogens with one attached hydrogen (secondary N) is 6. The number of benzene rings is 1. The second-order valence-corrected chi connectivity index (χ2v) is 9.91. The van der Waals surface area contributed by atoms with Crippen molar-refractivity contribution >= 4 is 46.3 Å². The Kier molecular flexibility index (Phi) is 9.35. The predicted octanol–water partition coefficient (Wildman–Crippen LogP) is 3.74. The Labute approximate surface area is 202 Å². The van der Waals surface area contributed by atoms with Gasteiger partial charge in [-0.15, -0.1) is 0 Å². The van der Waals surface area contributed by atoms with Gasteiger partial charge in [-0.3, -0.25) is 26.5 Å². The van der Waals surface area contributed by atoms with Crippen LogP contribution in [0.3, 0.4) is 0 Å². The number of carbonyl (C=O) groups excluding carboxylic acids is 1. The maximum Gasteiger partial charge on any atom is 0.269 e. The Morgan fingerprint density at radius 3 is 1.78 bits per heavy atom. The van der Waals surface area contributed by atoms with E-state index in [1.807, 2.05) is 12.1 Å². The molecule has 32 heavy (non-hydrogen) atoms. The van der Waals surface area contributed by atoms with Crippen LogP contribution in [0.15, 0.2) is 24.3 Å². The van der Waals surface area contributed by atoms with Gasteiger partial charge >= 0.3 is 0 Å². The van der Waals surface area contributed by atoms with Gasteiger partial charge in [0.25, 0.3) is 5.91 Å². The van der Waals surface area contributed by atoms with Crippen molar-refractivity contribution < 1.29 is 4.79 Å². The normalized spacial score (nSPS) is 25.2. The van der Waals surface area contributed by atoms with Crippen molar-refractivity contribution in [2.45, 2.75) is 77.3 Å². The molecular formula is C23H36N6OS2. The lowest BCUT2D eigenvalue weighted by Gasteiger charge is -2.30. The summed E-state index contributed by atoms with van der Waals surface area (Å²) in [5, 5.41) is 7.75. The molecule has 0 heterocycles. The largest absolute Gasteiger partial charge is 0.358 e. The van der Waals surface area contributed by atoms with Crippen LogP contribution in [-0.2, 0) is 0 Å². The van der Waals surface area contributed by atoms with Crippen LogP contribution in [0, 0.1) is 11.8 Å². The summed E-state index contributed by atoms with van der Waals surface area (Å²) in [5.41, 5.74) is 12.9. The Balaban J connectivity index is 1.38. The third kappa shape index (κ3) is 7.48. The molecule has 4 atom stereocenters. The molecule has 0 aromatic heterocycles. The van der Waals surface area contributed by atoms with E-state index < -0.39 is 0 Å². The predicted molar refractivity (Wildman–Crippen MR) is 138 cm³/mol. The summed E-state index contributed by atoms with van der Waals surface area (Å²) < 4.78 is 0. The topological polar surface area (TPSA) is 89.2 Å². The number of rotatable bonds is 5. The first kappa shape index (κ1) is 24.5. The van der Waals surface area contributed by atoms with Crippen molar-refractivity contribution in [2.75, 3.05) is 5.43 Å². The van der Waals surface area contributed by atoms with E-state index >= 15 is 0 Å². The average molecular weight is 477 g/mol. The van der Waals surface area contributed by atoms with Crippen LogP contribution in [0.25, 0.3) is 0 Å². The number of anilines is 1. The molecule has 7 nitrogen and oxygen atoms in total. The van der Waals surface area contributed by atoms with Gasteiger partial charge in [-0.2, -0.15) is 0 Å². The summed E-state index contributed by atoms with van der Waals surface area (Å²) in [6.07, 6.45) is 9.75. The van der Waals surface area contributed by atoms with Crippen LogP contribution >= 0.6 is 24.4 Å². The molecule has 0 bridgehead atoms. The van der Waals surface area contributed by atoms with Crippen molar-refractivity contribution in [3.05, 3.63) is 29.8 Å². The van der Waals surface area contributed by atoms with E-state index in [1.54, 1.807) is 12.1 Å². The maximum atomic E-state index is 12.4. The van der Waals surface area contributed by atoms with Gasteiger partial charge in [0.05, 0.1) is 5.69 Å². The van der Waals surface area contributed by atoms with Gasteiger partial charge < -0.3 is 10.6 Å². The van der Waals surface area contributed by atoms with Crippen molar-refractivity contribution in [3.63, 3.8) is 0 Å². The third-order valence-corrected chi connectivity index (χ3v) is 7.05. The molecule has 6 N–H and O–H groups in total. The zero-order chi connectivity index (χ0) is 22.9. The van der Waals surface area contributed by atoms with E-state index in [1.165, 1.54) is 38.5 Å². The SMILES string of the molecule is C[C@@H]1CCCC[C@@H]1NC(=S)NNC(=O)c1ccc(NNC(=S)N[C@H]2CCCC[C@H]2C)cc1. The molecule has 2 aliphatic carbocycles. The van der Waals surface area contributed by atoms with Crippen LogP contribution in [0.1, 0.15) is 75.6 Å². The molecule has 0 unspecified atom stereocenters. The van der Waals surface area contributed by atoms with Gasteiger partial charge in [-0.25, -0.2) is 0 Å². The van der Waals surface area contributed by atoms with Gasteiger partial charge in [-0.05, 0) is 86.2 Å². The zero-order valence-electron chi connectivity index (χ0n) is 19.0. The summed E-state index contributed by atoms with van der Waals surface area (Å²) in [5.74, 6) is 0.972. The fourth-order valence-corrected chi connectivity index (χ4v) is 4.89. The quantitative estimate of drug-likeness (QED) is 0.283. The van der Waals surface area contributed by atoms with E-state index in [9.17, 15) is 4.79 Å². The van der Waals surface area contributed by atoms with Crippen molar-refractivity contribution in [3.8, 4) is 0 Å². The minimum Gasteiger partial charge on any atom is -0.358 e. The number of hydrogen-bond acceptors (Lipinski definition) is 4. The fraction of sp³-hybridized carbons (Fsp3) is 0.609. The van der Waals surface area contributed by atoms with E-state index in [4.69, 9.17) is 24.4 Å². The summed E-state index contributed by atoms with van der Waals surface area (Å²) in [7, 11) is 0. The third-order valence-electron chi connectivity index (χ3n) is 6.61. The molecule has 2 fully saturated rings. The molecule has 0 saturated heterocycles. The summed E-state index contributed by atoms with van der Waals surface area (Å²) in [4.78, 5) is 12.4. The zero-order valence-corrected chi connectivity index (χ0v) is 20.6. The molecule has 0 radical (unpaired) electrons. The molecule has 9 heteroatoms. The molecule has 2 aliphatic rings. The lowest BCUT2D eigenvalue weighted by molar-refractivity contribution is 0.0943. The van der Waals surface area contributed by atoms with Crippen LogP contribution in [0.5, 0.6) is 0 Å². The second-order valence-electron chi connectivity index (χ2n) is 9.09. The smallest absolute Gasteiger partial charge is 0.269 e. The van der Waals surface area contributed by atoms with E-state index in [0.29, 0.717) is 39.7 Å². The van der Waals surface area contributed by atoms with Crippen molar-refractivity contribution in [1.29, 1.82) is 0 Å². The first-order valence-corrected chi connectivity index (χ1v) is 12.5. The highest BCUT2D eigenvalue weighted by Crippen LogP contribution is 2.24. The number of hydrogen-bond donors (Lipinski definition) is 6. The van der Waals surface area contributed by atoms with Crippen molar-refractivity contribution in [2.24, 2.45) is 11.8 Å². The molecule has 1 aromatic carbocycles. The van der Waals surface area contributed by atoms with Gasteiger partial charge in [0.1, 0.15) is 0 Å². The summed E-state index contributed by atoms with van der Waals surface area (Å²) in [6, 6.07) is 7.94. The van der Waals surface area contributed by atoms with Crippen LogP contribution < -0.4 is 32.3 Å². The molecule has 3 rings (SSSR count). The molecule has 0 spiro atoms. The standard InChI is InChI=1S/C23H36N6OS2/c1-15-7-3-5-9-19(15)24-22(31)28-26-18-13-11-17(12-14-18)21(30)27-29-23(32)25-20-10-6-4-8-16(20)2/h11-16,19-20,26H,3-10H2,1-2H3,(H,27,30)(H2,24,28,31)(H2,25,29,32)/t15-,16-,19+,20+/m1/s1. The molecular weight excluding hydrogens is 440 g/mol. The lowest BCUT2D eigenvalue weighted by atomic mass is 9.86. The molecule has 1 aromatic rings. The van der Waals surface area contributed by atoms with Crippen LogP contribution in [-0.4, -0.2) is 28.2 Å². The molecule has 0 aliphatic heterocycles. The lowest BCUT2D eigenvalue weighted by Crippen LogP contribution is -2.51. The van der Waals surface area contributed by atoms with Gasteiger partial charge in [0.2, 0.25) is 0 Å². The summed E-state index contributed by atoms with van der Waals surface area (Å²) >= 11 is 10.7. The highest BCUT2D eigenvalue weighted by atomic mass is 32.1. The van der Waals surface area contributed by atoms with Gasteiger partial charge in [0, 0.05) is 17.6 Å². The monoisotopic (exact) mass is 476 g/mol. The Morgan fingerprint density at radius 2 is 1.25 bits per heavy atom. The Hall–Kier alpha value is -2.13. The average Bonchev–Trinajstić information content (AvgIpc) is 2.79. The minimum absolute atomic E-state index is 0.242. The second kappa shape index (κ2) is 12.2. The number of carbonyl (C=O) groups is 1. The fourth-order valence-electron chi connectivity index (χ4n) is 4.49. The van der Waals surface area contributed by atoms with E-state index in [0.717, 1.165) is 18.5 Å². The number of amides is 1. The minimum atomic E-state index is -0.242. The first-order chi connectivity index (χ1) is 15.4. The van der Waals surface area contributed by atoms with E-state index in [2.05, 4.69) is 46.2 Å².